The molecule has 1 aliphatic rings. The Morgan fingerprint density at radius 3 is 2.72 bits per heavy atom. The fraction of sp³-hybridized carbons (Fsp3) is 0.188. The zero-order chi connectivity index (χ0) is 18.2. The monoisotopic (exact) mass is 369 g/mol. The highest BCUT2D eigenvalue weighted by Crippen LogP contribution is 2.34. The van der Waals surface area contributed by atoms with E-state index in [1.807, 2.05) is 0 Å². The molecule has 0 fully saturated rings. The highest BCUT2D eigenvalue weighted by molar-refractivity contribution is 6.61. The van der Waals surface area contributed by atoms with Crippen LogP contribution in [-0.4, -0.2) is 24.7 Å². The maximum atomic E-state index is 13.1. The van der Waals surface area contributed by atoms with Crippen LogP contribution in [0.15, 0.2) is 36.4 Å². The van der Waals surface area contributed by atoms with Crippen molar-refractivity contribution in [2.75, 3.05) is 11.9 Å². The lowest BCUT2D eigenvalue weighted by Gasteiger charge is -2.20. The molecule has 2 aromatic carbocycles. The minimum atomic E-state index is -4.71. The Morgan fingerprint density at radius 1 is 1.24 bits per heavy atom. The molecule has 9 heteroatoms. The van der Waals surface area contributed by atoms with E-state index in [9.17, 15) is 23.0 Å². The van der Waals surface area contributed by atoms with Crippen molar-refractivity contribution in [1.82, 2.24) is 0 Å². The third-order valence-electron chi connectivity index (χ3n) is 3.85. The number of alkyl halides is 3. The van der Waals surface area contributed by atoms with Crippen LogP contribution in [0.3, 0.4) is 0 Å². The van der Waals surface area contributed by atoms with Gasteiger partial charge in [-0.25, -0.2) is 0 Å². The van der Waals surface area contributed by atoms with Crippen LogP contribution in [-0.2, 0) is 17.3 Å². The fourth-order valence-corrected chi connectivity index (χ4v) is 2.82. The van der Waals surface area contributed by atoms with E-state index in [0.29, 0.717) is 24.6 Å². The number of benzene rings is 2. The van der Waals surface area contributed by atoms with Crippen molar-refractivity contribution in [1.29, 1.82) is 0 Å². The van der Waals surface area contributed by atoms with E-state index in [0.717, 1.165) is 11.6 Å². The third-order valence-corrected chi connectivity index (χ3v) is 4.08. The minimum Gasteiger partial charge on any atom is -0.423 e. The first-order valence-corrected chi connectivity index (χ1v) is 7.74. The van der Waals surface area contributed by atoms with Crippen molar-refractivity contribution in [3.63, 3.8) is 0 Å². The van der Waals surface area contributed by atoms with Gasteiger partial charge in [0.25, 0.3) is 5.91 Å². The molecular weight excluding hydrogens is 357 g/mol. The molecule has 0 saturated carbocycles. The molecule has 2 N–H and O–H groups in total. The summed E-state index contributed by atoms with van der Waals surface area (Å²) >= 11 is 5.61. The van der Waals surface area contributed by atoms with Crippen LogP contribution in [0.2, 0.25) is 5.02 Å². The highest BCUT2D eigenvalue weighted by Gasteiger charge is 2.35. The summed E-state index contributed by atoms with van der Waals surface area (Å²) in [6.07, 6.45) is -4.10. The van der Waals surface area contributed by atoms with Gasteiger partial charge in [-0.2, -0.15) is 13.2 Å². The lowest BCUT2D eigenvalue weighted by Crippen LogP contribution is -2.41. The highest BCUT2D eigenvalue weighted by atomic mass is 35.5. The summed E-state index contributed by atoms with van der Waals surface area (Å²) in [6, 6.07) is 7.70. The molecule has 2 aromatic rings. The van der Waals surface area contributed by atoms with Crippen LogP contribution in [0.4, 0.5) is 18.9 Å². The largest absolute Gasteiger partial charge is 0.491 e. The molecular formula is C16H12BClF3NO3. The van der Waals surface area contributed by atoms with Crippen molar-refractivity contribution < 1.29 is 27.6 Å². The second kappa shape index (κ2) is 6.70. The first-order valence-electron chi connectivity index (χ1n) is 7.36. The molecule has 1 amide bonds. The number of halogens is 4. The Hall–Kier alpha value is -2.03. The summed E-state index contributed by atoms with van der Waals surface area (Å²) < 4.78 is 44.5. The van der Waals surface area contributed by atoms with Gasteiger partial charge in [-0.15, -0.1) is 0 Å². The number of anilines is 1. The summed E-state index contributed by atoms with van der Waals surface area (Å²) in [6.45, 7) is 0.375. The summed E-state index contributed by atoms with van der Waals surface area (Å²) in [4.78, 5) is 12.3. The van der Waals surface area contributed by atoms with Crippen LogP contribution in [0.1, 0.15) is 21.5 Å². The van der Waals surface area contributed by atoms with Crippen LogP contribution < -0.4 is 10.8 Å². The zero-order valence-electron chi connectivity index (χ0n) is 12.7. The molecule has 0 aromatic heterocycles. The first kappa shape index (κ1) is 17.8. The summed E-state index contributed by atoms with van der Waals surface area (Å²) in [5, 5.41) is 12.1. The zero-order valence-corrected chi connectivity index (χ0v) is 13.5. The second-order valence-electron chi connectivity index (χ2n) is 5.53. The second-order valence-corrected chi connectivity index (χ2v) is 5.96. The number of carbonyl (C=O) groups is 1. The molecule has 0 spiro atoms. The lowest BCUT2D eigenvalue weighted by atomic mass is 9.73. The third kappa shape index (κ3) is 3.81. The van der Waals surface area contributed by atoms with Crippen molar-refractivity contribution in [2.45, 2.75) is 12.6 Å². The van der Waals surface area contributed by atoms with Crippen molar-refractivity contribution >= 4 is 35.8 Å². The molecule has 0 radical (unpaired) electrons. The summed E-state index contributed by atoms with van der Waals surface area (Å²) in [5.74, 6) is -0.921. The molecule has 0 bridgehead atoms. The topological polar surface area (TPSA) is 58.6 Å². The van der Waals surface area contributed by atoms with Gasteiger partial charge in [-0.1, -0.05) is 17.7 Å². The molecule has 25 heavy (non-hydrogen) atoms. The number of amides is 1. The smallest absolute Gasteiger partial charge is 0.423 e. The van der Waals surface area contributed by atoms with E-state index in [4.69, 9.17) is 16.3 Å². The summed E-state index contributed by atoms with van der Waals surface area (Å²) in [5.41, 5.74) is -0.0444. The predicted molar refractivity (Wildman–Crippen MR) is 88.1 cm³/mol. The molecule has 1 heterocycles. The molecule has 0 aliphatic carbocycles. The number of hydrogen-bond acceptors (Lipinski definition) is 3. The van der Waals surface area contributed by atoms with Crippen molar-refractivity contribution in [3.05, 3.63) is 58.1 Å². The average Bonchev–Trinajstić information content (AvgIpc) is 2.54. The van der Waals surface area contributed by atoms with Gasteiger partial charge in [0.2, 0.25) is 0 Å². The molecule has 1 aliphatic heterocycles. The predicted octanol–water partition coefficient (Wildman–Crippen LogP) is 2.87. The Morgan fingerprint density at radius 2 is 2.00 bits per heavy atom. The number of hydrogen-bond donors (Lipinski definition) is 2. The number of fused-ring (bicyclic) bond motifs is 1. The Balaban J connectivity index is 1.90. The number of nitrogens with one attached hydrogen (secondary N) is 1. The van der Waals surface area contributed by atoms with E-state index in [2.05, 4.69) is 5.32 Å². The first-order chi connectivity index (χ1) is 11.8. The molecule has 3 rings (SSSR count). The minimum absolute atomic E-state index is 0.113. The standard InChI is InChI=1S/C16H12BClF3NO3/c18-10-2-4-12(13(7-10)16(19,20)21)15(23)22-11-3-1-9-5-6-25-17(24)14(9)8-11/h1-4,7-8,24H,5-6H2,(H,22,23). The van der Waals surface area contributed by atoms with E-state index >= 15 is 0 Å². The lowest BCUT2D eigenvalue weighted by molar-refractivity contribution is -0.137. The van der Waals surface area contributed by atoms with Crippen LogP contribution in [0, 0.1) is 0 Å². The van der Waals surface area contributed by atoms with E-state index in [1.54, 1.807) is 12.1 Å². The van der Waals surface area contributed by atoms with Gasteiger partial charge in [-0.3, -0.25) is 4.79 Å². The maximum absolute atomic E-state index is 13.1. The van der Waals surface area contributed by atoms with Gasteiger partial charge in [0.15, 0.2) is 0 Å². The van der Waals surface area contributed by atoms with E-state index in [1.165, 1.54) is 12.1 Å². The average molecular weight is 370 g/mol. The van der Waals surface area contributed by atoms with E-state index < -0.39 is 30.3 Å². The Kier molecular flexibility index (Phi) is 4.77. The van der Waals surface area contributed by atoms with Gasteiger partial charge < -0.3 is 15.0 Å². The molecule has 4 nitrogen and oxygen atoms in total. The number of carbonyl (C=O) groups excluding carboxylic acids is 1. The molecule has 0 atom stereocenters. The quantitative estimate of drug-likeness (QED) is 0.801. The van der Waals surface area contributed by atoms with Crippen molar-refractivity contribution in [3.8, 4) is 0 Å². The van der Waals surface area contributed by atoms with Gasteiger partial charge in [0.05, 0.1) is 11.1 Å². The summed E-state index contributed by atoms with van der Waals surface area (Å²) in [7, 11) is -1.12. The van der Waals surface area contributed by atoms with Crippen LogP contribution in [0.25, 0.3) is 0 Å². The number of rotatable bonds is 2. The van der Waals surface area contributed by atoms with Gasteiger partial charge in [0, 0.05) is 17.3 Å². The molecule has 130 valence electrons. The van der Waals surface area contributed by atoms with Gasteiger partial charge >= 0.3 is 13.3 Å². The van der Waals surface area contributed by atoms with Gasteiger partial charge in [0.1, 0.15) is 0 Å². The maximum Gasteiger partial charge on any atom is 0.491 e. The molecule has 0 saturated heterocycles. The fourth-order valence-electron chi connectivity index (χ4n) is 2.65. The normalized spacial score (nSPS) is 14.2. The SMILES string of the molecule is O=C(Nc1ccc2c(c1)B(O)OCC2)c1ccc(Cl)cc1C(F)(F)F. The van der Waals surface area contributed by atoms with Crippen LogP contribution >= 0.6 is 11.6 Å². The van der Waals surface area contributed by atoms with Crippen molar-refractivity contribution in [2.24, 2.45) is 0 Å². The van der Waals surface area contributed by atoms with Gasteiger partial charge in [-0.05, 0) is 47.8 Å². The van der Waals surface area contributed by atoms with E-state index in [-0.39, 0.29) is 10.7 Å². The Bertz CT molecular complexity index is 829. The van der Waals surface area contributed by atoms with Crippen LogP contribution in [0.5, 0.6) is 0 Å². The molecule has 0 unspecified atom stereocenters. The Labute approximate surface area is 146 Å².